The van der Waals surface area contributed by atoms with Gasteiger partial charge in [-0.2, -0.15) is 0 Å². The summed E-state index contributed by atoms with van der Waals surface area (Å²) in [5, 5.41) is 3.16. The van der Waals surface area contributed by atoms with E-state index in [-0.39, 0.29) is 18.2 Å². The summed E-state index contributed by atoms with van der Waals surface area (Å²) in [7, 11) is 3.16. The molecule has 0 unspecified atom stereocenters. The van der Waals surface area contributed by atoms with Crippen LogP contribution in [0.5, 0.6) is 11.5 Å². The average molecular weight is 536 g/mol. The molecule has 0 radical (unpaired) electrons. The number of carbonyl (C=O) groups excluding carboxylic acids is 2. The number of ether oxygens (including phenoxy) is 2. The van der Waals surface area contributed by atoms with Crippen molar-refractivity contribution in [2.75, 3.05) is 32.6 Å². The van der Waals surface area contributed by atoms with Crippen molar-refractivity contribution in [1.29, 1.82) is 0 Å². The average Bonchev–Trinajstić information content (AvgIpc) is 3.15. The molecular weight excluding hydrogens is 505 g/mol. The number of hydrogen-bond donors (Lipinski definition) is 1. The number of methoxy groups -OCH3 is 2. The predicted octanol–water partition coefficient (Wildman–Crippen LogP) is 4.45. The minimum atomic E-state index is -0.737. The fraction of sp³-hybridized carbons (Fsp3) is 0.276. The summed E-state index contributed by atoms with van der Waals surface area (Å²) < 4.78 is 24.0. The number of amides is 2. The van der Waals surface area contributed by atoms with Gasteiger partial charge in [0.15, 0.2) is 16.6 Å². The smallest absolute Gasteiger partial charge is 0.252 e. The SMILES string of the molecule is COc1ccc(CCN2C(=S)N(CCc3ccccc3)C(=O)[C@@H]2CC(=O)Nc2ccc(F)cc2)cc1OC. The summed E-state index contributed by atoms with van der Waals surface area (Å²) in [5.41, 5.74) is 2.54. The van der Waals surface area contributed by atoms with Crippen LogP contribution in [0, 0.1) is 5.82 Å². The number of anilines is 1. The van der Waals surface area contributed by atoms with E-state index in [0.29, 0.717) is 48.2 Å². The van der Waals surface area contributed by atoms with Crippen molar-refractivity contribution in [2.24, 2.45) is 0 Å². The molecule has 9 heteroatoms. The Morgan fingerprint density at radius 3 is 2.29 bits per heavy atom. The van der Waals surface area contributed by atoms with E-state index < -0.39 is 11.9 Å². The van der Waals surface area contributed by atoms with E-state index >= 15 is 0 Å². The molecule has 1 N–H and O–H groups in total. The van der Waals surface area contributed by atoms with Crippen molar-refractivity contribution in [3.05, 3.63) is 89.7 Å². The maximum absolute atomic E-state index is 13.5. The maximum Gasteiger partial charge on any atom is 0.252 e. The Labute approximate surface area is 227 Å². The first-order valence-corrected chi connectivity index (χ1v) is 12.7. The van der Waals surface area contributed by atoms with Crippen LogP contribution in [0.4, 0.5) is 10.1 Å². The maximum atomic E-state index is 13.5. The first-order chi connectivity index (χ1) is 18.4. The minimum Gasteiger partial charge on any atom is -0.493 e. The Morgan fingerprint density at radius 1 is 0.921 bits per heavy atom. The molecule has 1 fully saturated rings. The van der Waals surface area contributed by atoms with Gasteiger partial charge in [-0.1, -0.05) is 36.4 Å². The zero-order valence-electron chi connectivity index (χ0n) is 21.4. The van der Waals surface area contributed by atoms with E-state index in [1.165, 1.54) is 24.3 Å². The molecule has 38 heavy (non-hydrogen) atoms. The topological polar surface area (TPSA) is 71.1 Å². The first-order valence-electron chi connectivity index (χ1n) is 12.3. The van der Waals surface area contributed by atoms with Gasteiger partial charge in [-0.25, -0.2) is 4.39 Å². The second-order valence-corrected chi connectivity index (χ2v) is 9.28. The van der Waals surface area contributed by atoms with Gasteiger partial charge in [0, 0.05) is 18.8 Å². The molecule has 0 bridgehead atoms. The summed E-state index contributed by atoms with van der Waals surface area (Å²) >= 11 is 5.74. The number of halogens is 1. The highest BCUT2D eigenvalue weighted by Crippen LogP contribution is 2.29. The Morgan fingerprint density at radius 2 is 1.61 bits per heavy atom. The lowest BCUT2D eigenvalue weighted by Gasteiger charge is -2.24. The normalized spacial score (nSPS) is 15.1. The minimum absolute atomic E-state index is 0.0792. The summed E-state index contributed by atoms with van der Waals surface area (Å²) in [6.45, 7) is 0.862. The number of nitrogens with one attached hydrogen (secondary N) is 1. The number of nitrogens with zero attached hydrogens (tertiary/aromatic N) is 2. The number of rotatable bonds is 11. The van der Waals surface area contributed by atoms with Crippen LogP contribution in [0.25, 0.3) is 0 Å². The van der Waals surface area contributed by atoms with Crippen molar-refractivity contribution >= 4 is 34.8 Å². The quantitative estimate of drug-likeness (QED) is 0.366. The third kappa shape index (κ3) is 6.47. The highest BCUT2D eigenvalue weighted by molar-refractivity contribution is 7.80. The highest BCUT2D eigenvalue weighted by Gasteiger charge is 2.42. The molecule has 3 aromatic rings. The monoisotopic (exact) mass is 535 g/mol. The standard InChI is InChI=1S/C29H30FN3O4S/c1-36-25-13-8-21(18-26(25)37-2)15-16-32-24(19-27(34)31-23-11-9-22(30)10-12-23)28(35)33(29(32)38)17-14-20-6-4-3-5-7-20/h3-13,18,24H,14-17,19H2,1-2H3,(H,31,34)/t24-/m0/s1. The van der Waals surface area contributed by atoms with Crippen molar-refractivity contribution in [3.63, 3.8) is 0 Å². The molecule has 0 spiro atoms. The molecule has 2 amide bonds. The largest absolute Gasteiger partial charge is 0.493 e. The summed E-state index contributed by atoms with van der Waals surface area (Å²) in [4.78, 5) is 29.8. The summed E-state index contributed by atoms with van der Waals surface area (Å²) in [6.07, 6.45) is 1.14. The first kappa shape index (κ1) is 27.1. The second-order valence-electron chi connectivity index (χ2n) is 8.92. The molecule has 0 saturated carbocycles. The molecule has 7 nitrogen and oxygen atoms in total. The van der Waals surface area contributed by atoms with E-state index in [0.717, 1.165) is 11.1 Å². The van der Waals surface area contributed by atoms with Crippen LogP contribution in [-0.2, 0) is 22.4 Å². The molecule has 3 aromatic carbocycles. The Balaban J connectivity index is 1.50. The Kier molecular flexibility index (Phi) is 8.91. The Hall–Kier alpha value is -3.98. The van der Waals surface area contributed by atoms with Crippen LogP contribution in [0.2, 0.25) is 0 Å². The van der Waals surface area contributed by atoms with Gasteiger partial charge in [-0.3, -0.25) is 14.5 Å². The molecule has 1 aliphatic heterocycles. The van der Waals surface area contributed by atoms with E-state index in [1.807, 2.05) is 53.4 Å². The molecule has 1 atom stereocenters. The van der Waals surface area contributed by atoms with E-state index in [4.69, 9.17) is 21.7 Å². The van der Waals surface area contributed by atoms with Gasteiger partial charge >= 0.3 is 0 Å². The number of benzene rings is 3. The molecule has 0 aliphatic carbocycles. The number of carbonyl (C=O) groups is 2. The lowest BCUT2D eigenvalue weighted by Crippen LogP contribution is -2.39. The zero-order valence-corrected chi connectivity index (χ0v) is 22.2. The highest BCUT2D eigenvalue weighted by atomic mass is 32.1. The van der Waals surface area contributed by atoms with Crippen molar-refractivity contribution in [1.82, 2.24) is 9.80 Å². The van der Waals surface area contributed by atoms with Gasteiger partial charge in [-0.05, 0) is 72.6 Å². The summed E-state index contributed by atoms with van der Waals surface area (Å²) in [6, 6.07) is 20.3. The van der Waals surface area contributed by atoms with E-state index in [1.54, 1.807) is 19.1 Å². The predicted molar refractivity (Wildman–Crippen MR) is 148 cm³/mol. The summed E-state index contributed by atoms with van der Waals surface area (Å²) in [5.74, 6) is 0.302. The van der Waals surface area contributed by atoms with Crippen LogP contribution in [0.3, 0.4) is 0 Å². The third-order valence-corrected chi connectivity index (χ3v) is 6.92. The van der Waals surface area contributed by atoms with Gasteiger partial charge < -0.3 is 19.7 Å². The molecule has 0 aromatic heterocycles. The molecule has 1 aliphatic rings. The zero-order chi connectivity index (χ0) is 27.1. The van der Waals surface area contributed by atoms with Crippen LogP contribution in [0.1, 0.15) is 17.5 Å². The van der Waals surface area contributed by atoms with E-state index in [9.17, 15) is 14.0 Å². The van der Waals surface area contributed by atoms with Crippen LogP contribution in [-0.4, -0.2) is 60.1 Å². The second kappa shape index (κ2) is 12.5. The Bertz CT molecular complexity index is 1290. The van der Waals surface area contributed by atoms with Gasteiger partial charge in [0.25, 0.3) is 5.91 Å². The van der Waals surface area contributed by atoms with Gasteiger partial charge in [-0.15, -0.1) is 0 Å². The van der Waals surface area contributed by atoms with Crippen molar-refractivity contribution < 1.29 is 23.5 Å². The molecule has 1 saturated heterocycles. The van der Waals surface area contributed by atoms with Crippen LogP contribution >= 0.6 is 12.2 Å². The lowest BCUT2D eigenvalue weighted by molar-refractivity contribution is -0.130. The fourth-order valence-corrected chi connectivity index (χ4v) is 4.84. The third-order valence-electron chi connectivity index (χ3n) is 6.47. The lowest BCUT2D eigenvalue weighted by atomic mass is 10.1. The molecular formula is C29H30FN3O4S. The molecule has 4 rings (SSSR count). The van der Waals surface area contributed by atoms with Gasteiger partial charge in [0.1, 0.15) is 11.9 Å². The van der Waals surface area contributed by atoms with Crippen molar-refractivity contribution in [3.8, 4) is 11.5 Å². The van der Waals surface area contributed by atoms with E-state index in [2.05, 4.69) is 5.32 Å². The van der Waals surface area contributed by atoms with Gasteiger partial charge in [0.05, 0.1) is 20.6 Å². The fourth-order valence-electron chi connectivity index (χ4n) is 4.44. The molecule has 1 heterocycles. The van der Waals surface area contributed by atoms with Gasteiger partial charge in [0.2, 0.25) is 5.91 Å². The van der Waals surface area contributed by atoms with Crippen LogP contribution in [0.15, 0.2) is 72.8 Å². The molecule has 198 valence electrons. The number of thiocarbonyl (C=S) groups is 1. The van der Waals surface area contributed by atoms with Crippen LogP contribution < -0.4 is 14.8 Å². The van der Waals surface area contributed by atoms with Crippen molar-refractivity contribution in [2.45, 2.75) is 25.3 Å². The number of hydrogen-bond acceptors (Lipinski definition) is 5.